The van der Waals surface area contributed by atoms with Crippen LogP contribution in [0.25, 0.3) is 11.0 Å². The summed E-state index contributed by atoms with van der Waals surface area (Å²) < 4.78 is 2.16. The first kappa shape index (κ1) is 15.2. The molecule has 3 rings (SSSR count). The molecule has 0 amide bonds. The van der Waals surface area contributed by atoms with Crippen molar-refractivity contribution >= 4 is 22.4 Å². The SMILES string of the molecule is CN(C)[C@@H](CNCc1nc2ccccc2n1C)c1ccsc1. The standard InChI is InChI=1S/C17H22N4S/c1-20(2)16(13-8-9-22-12-13)10-18-11-17-19-14-6-4-5-7-15(14)21(17)3/h4-9,12,16,18H,10-11H2,1-3H3/t16-/m0/s1. The van der Waals surface area contributed by atoms with Gasteiger partial charge in [-0.15, -0.1) is 0 Å². The Morgan fingerprint density at radius 3 is 2.77 bits per heavy atom. The molecule has 0 fully saturated rings. The van der Waals surface area contributed by atoms with Crippen molar-refractivity contribution in [2.45, 2.75) is 12.6 Å². The number of hydrogen-bond donors (Lipinski definition) is 1. The van der Waals surface area contributed by atoms with Gasteiger partial charge in [-0.3, -0.25) is 0 Å². The quantitative estimate of drug-likeness (QED) is 0.759. The summed E-state index contributed by atoms with van der Waals surface area (Å²) in [6.45, 7) is 1.69. The minimum absolute atomic E-state index is 0.390. The van der Waals surface area contributed by atoms with Crippen LogP contribution in [0, 0.1) is 0 Å². The smallest absolute Gasteiger partial charge is 0.123 e. The zero-order chi connectivity index (χ0) is 15.5. The Bertz CT molecular complexity index is 730. The van der Waals surface area contributed by atoms with Gasteiger partial charge in [0.15, 0.2) is 0 Å². The van der Waals surface area contributed by atoms with Crippen LogP contribution in [0.4, 0.5) is 0 Å². The second-order valence-corrected chi connectivity index (χ2v) is 6.52. The fraction of sp³-hybridized carbons (Fsp3) is 0.353. The first-order valence-electron chi connectivity index (χ1n) is 7.46. The van der Waals surface area contributed by atoms with E-state index in [4.69, 9.17) is 4.98 Å². The molecule has 1 N–H and O–H groups in total. The molecule has 0 saturated carbocycles. The third-order valence-corrected chi connectivity index (χ3v) is 4.75. The zero-order valence-corrected chi connectivity index (χ0v) is 14.1. The van der Waals surface area contributed by atoms with Gasteiger partial charge in [0.2, 0.25) is 0 Å². The highest BCUT2D eigenvalue weighted by molar-refractivity contribution is 7.07. The molecule has 1 atom stereocenters. The van der Waals surface area contributed by atoms with Crippen LogP contribution in [0.15, 0.2) is 41.1 Å². The lowest BCUT2D eigenvalue weighted by Crippen LogP contribution is -2.31. The highest BCUT2D eigenvalue weighted by Gasteiger charge is 2.14. The van der Waals surface area contributed by atoms with Gasteiger partial charge in [-0.05, 0) is 48.6 Å². The molecule has 0 unspecified atom stereocenters. The summed E-state index contributed by atoms with van der Waals surface area (Å²) >= 11 is 1.75. The summed E-state index contributed by atoms with van der Waals surface area (Å²) in [5, 5.41) is 7.91. The highest BCUT2D eigenvalue weighted by Crippen LogP contribution is 2.20. The van der Waals surface area contributed by atoms with Crippen LogP contribution in [0.2, 0.25) is 0 Å². The second-order valence-electron chi connectivity index (χ2n) is 5.74. The minimum atomic E-state index is 0.390. The molecule has 0 aliphatic heterocycles. The van der Waals surface area contributed by atoms with E-state index in [2.05, 4.69) is 71.0 Å². The van der Waals surface area contributed by atoms with E-state index in [1.807, 2.05) is 6.07 Å². The number of hydrogen-bond acceptors (Lipinski definition) is 4. The number of rotatable bonds is 6. The fourth-order valence-corrected chi connectivity index (χ4v) is 3.44. The van der Waals surface area contributed by atoms with E-state index in [0.29, 0.717) is 6.04 Å². The lowest BCUT2D eigenvalue weighted by Gasteiger charge is -2.24. The van der Waals surface area contributed by atoms with Gasteiger partial charge in [-0.25, -0.2) is 4.98 Å². The van der Waals surface area contributed by atoms with E-state index >= 15 is 0 Å². The van der Waals surface area contributed by atoms with E-state index in [-0.39, 0.29) is 0 Å². The van der Waals surface area contributed by atoms with Gasteiger partial charge in [0.1, 0.15) is 5.82 Å². The Balaban J connectivity index is 1.67. The number of thiophene rings is 1. The van der Waals surface area contributed by atoms with Gasteiger partial charge in [-0.1, -0.05) is 12.1 Å². The number of imidazole rings is 1. The molecule has 4 nitrogen and oxygen atoms in total. The number of aryl methyl sites for hydroxylation is 1. The minimum Gasteiger partial charge on any atom is -0.330 e. The first-order chi connectivity index (χ1) is 10.7. The largest absolute Gasteiger partial charge is 0.330 e. The molecule has 2 aromatic heterocycles. The second kappa shape index (κ2) is 6.60. The molecule has 22 heavy (non-hydrogen) atoms. The first-order valence-corrected chi connectivity index (χ1v) is 8.40. The normalized spacial score (nSPS) is 13.1. The third kappa shape index (κ3) is 3.06. The Morgan fingerprint density at radius 2 is 2.09 bits per heavy atom. The molecule has 0 spiro atoms. The van der Waals surface area contributed by atoms with Gasteiger partial charge < -0.3 is 14.8 Å². The van der Waals surface area contributed by atoms with Gasteiger partial charge >= 0.3 is 0 Å². The Hall–Kier alpha value is -1.69. The van der Waals surface area contributed by atoms with Crippen LogP contribution in [-0.4, -0.2) is 35.1 Å². The average Bonchev–Trinajstić information content (AvgIpc) is 3.13. The topological polar surface area (TPSA) is 33.1 Å². The highest BCUT2D eigenvalue weighted by atomic mass is 32.1. The Kier molecular flexibility index (Phi) is 4.57. The summed E-state index contributed by atoms with van der Waals surface area (Å²) in [6.07, 6.45) is 0. The molecule has 0 radical (unpaired) electrons. The van der Waals surface area contributed by atoms with Gasteiger partial charge in [0.05, 0.1) is 17.6 Å². The van der Waals surface area contributed by atoms with Crippen molar-refractivity contribution in [2.24, 2.45) is 7.05 Å². The fourth-order valence-electron chi connectivity index (χ4n) is 2.74. The average molecular weight is 314 g/mol. The summed E-state index contributed by atoms with van der Waals surface area (Å²) in [6, 6.07) is 10.9. The van der Waals surface area contributed by atoms with Crippen LogP contribution >= 0.6 is 11.3 Å². The molecule has 0 aliphatic carbocycles. The molecule has 5 heteroatoms. The predicted octanol–water partition coefficient (Wildman–Crippen LogP) is 3.03. The lowest BCUT2D eigenvalue weighted by molar-refractivity contribution is 0.288. The summed E-state index contributed by atoms with van der Waals surface area (Å²) in [4.78, 5) is 6.96. The molecule has 0 saturated heterocycles. The summed E-state index contributed by atoms with van der Waals surface area (Å²) in [5.74, 6) is 1.07. The number of fused-ring (bicyclic) bond motifs is 1. The van der Waals surface area contributed by atoms with Crippen molar-refractivity contribution < 1.29 is 0 Å². The van der Waals surface area contributed by atoms with Crippen LogP contribution in [-0.2, 0) is 13.6 Å². The Morgan fingerprint density at radius 1 is 1.27 bits per heavy atom. The molecule has 2 heterocycles. The molecule has 0 bridgehead atoms. The third-order valence-electron chi connectivity index (χ3n) is 4.05. The number of likely N-dealkylation sites (N-methyl/N-ethyl adjacent to an activating group) is 1. The monoisotopic (exact) mass is 314 g/mol. The maximum absolute atomic E-state index is 4.71. The van der Waals surface area contributed by atoms with E-state index in [9.17, 15) is 0 Å². The van der Waals surface area contributed by atoms with Crippen LogP contribution in [0.5, 0.6) is 0 Å². The van der Waals surface area contributed by atoms with Gasteiger partial charge in [0.25, 0.3) is 0 Å². The Labute approximate surface area is 135 Å². The molecular formula is C17H22N4S. The summed E-state index contributed by atoms with van der Waals surface area (Å²) in [7, 11) is 6.33. The van der Waals surface area contributed by atoms with E-state index in [1.165, 1.54) is 11.1 Å². The molecule has 1 aromatic carbocycles. The molecule has 3 aromatic rings. The van der Waals surface area contributed by atoms with E-state index in [0.717, 1.165) is 24.4 Å². The van der Waals surface area contributed by atoms with Crippen molar-refractivity contribution in [3.8, 4) is 0 Å². The maximum atomic E-state index is 4.71. The van der Waals surface area contributed by atoms with Crippen molar-refractivity contribution in [2.75, 3.05) is 20.6 Å². The summed E-state index contributed by atoms with van der Waals surface area (Å²) in [5.41, 5.74) is 3.61. The van der Waals surface area contributed by atoms with Gasteiger partial charge in [0, 0.05) is 19.6 Å². The molecule has 116 valence electrons. The number of nitrogens with zero attached hydrogens (tertiary/aromatic N) is 3. The molecule has 0 aliphatic rings. The van der Waals surface area contributed by atoms with Crippen molar-refractivity contribution in [1.29, 1.82) is 0 Å². The number of para-hydroxylation sites is 2. The van der Waals surface area contributed by atoms with Crippen molar-refractivity contribution in [3.05, 3.63) is 52.5 Å². The van der Waals surface area contributed by atoms with Crippen LogP contribution in [0.3, 0.4) is 0 Å². The number of aromatic nitrogens is 2. The zero-order valence-electron chi connectivity index (χ0n) is 13.3. The van der Waals surface area contributed by atoms with Crippen LogP contribution in [0.1, 0.15) is 17.4 Å². The van der Waals surface area contributed by atoms with E-state index in [1.54, 1.807) is 11.3 Å². The van der Waals surface area contributed by atoms with E-state index < -0.39 is 0 Å². The predicted molar refractivity (Wildman–Crippen MR) is 93.2 cm³/mol. The van der Waals surface area contributed by atoms with Gasteiger partial charge in [-0.2, -0.15) is 11.3 Å². The van der Waals surface area contributed by atoms with Crippen molar-refractivity contribution in [3.63, 3.8) is 0 Å². The maximum Gasteiger partial charge on any atom is 0.123 e. The number of nitrogens with one attached hydrogen (secondary N) is 1. The van der Waals surface area contributed by atoms with Crippen LogP contribution < -0.4 is 5.32 Å². The van der Waals surface area contributed by atoms with Crippen molar-refractivity contribution in [1.82, 2.24) is 19.8 Å². The lowest BCUT2D eigenvalue weighted by atomic mass is 10.1. The molecular weight excluding hydrogens is 292 g/mol. The number of benzene rings is 1.